The van der Waals surface area contributed by atoms with Crippen molar-refractivity contribution in [1.82, 2.24) is 0 Å². The van der Waals surface area contributed by atoms with Crippen LogP contribution in [0, 0.1) is 0 Å². The summed E-state index contributed by atoms with van der Waals surface area (Å²) in [6.45, 7) is 4.23. The Balaban J connectivity index is 2.31. The first-order valence-electron chi connectivity index (χ1n) is 6.13. The summed E-state index contributed by atoms with van der Waals surface area (Å²) in [5, 5.41) is 9.37. The van der Waals surface area contributed by atoms with Crippen LogP contribution in [0.15, 0.2) is 24.3 Å². The van der Waals surface area contributed by atoms with Gasteiger partial charge in [0.1, 0.15) is 0 Å². The molecule has 2 rings (SSSR count). The summed E-state index contributed by atoms with van der Waals surface area (Å²) in [5.74, 6) is -0.962. The first kappa shape index (κ1) is 13.9. The molecule has 1 aromatic rings. The molecule has 0 bridgehead atoms. The number of ether oxygens (including phenoxy) is 1. The molecule has 1 N–H and O–H groups in total. The van der Waals surface area contributed by atoms with E-state index in [9.17, 15) is 4.79 Å². The Morgan fingerprint density at radius 3 is 3.05 bits per heavy atom. The van der Waals surface area contributed by atoms with Crippen molar-refractivity contribution in [2.45, 2.75) is 13.0 Å². The van der Waals surface area contributed by atoms with E-state index in [1.165, 1.54) is 0 Å². The van der Waals surface area contributed by atoms with Crippen LogP contribution in [0.3, 0.4) is 0 Å². The number of rotatable bonds is 3. The second-order valence-corrected chi connectivity index (χ2v) is 4.94. The Hall–Kier alpha value is -1.52. The van der Waals surface area contributed by atoms with Gasteiger partial charge in [0.15, 0.2) is 0 Å². The third kappa shape index (κ3) is 3.72. The third-order valence-corrected chi connectivity index (χ3v) is 3.21. The molecule has 1 unspecified atom stereocenters. The number of aliphatic carboxylic acids is 1. The molecule has 1 aliphatic rings. The molecule has 0 aromatic heterocycles. The van der Waals surface area contributed by atoms with Crippen LogP contribution in [0.1, 0.15) is 12.5 Å². The van der Waals surface area contributed by atoms with E-state index in [2.05, 4.69) is 4.90 Å². The predicted octanol–water partition coefficient (Wildman–Crippen LogP) is 2.66. The molecule has 1 atom stereocenters. The van der Waals surface area contributed by atoms with Crippen LogP contribution in [-0.2, 0) is 9.53 Å². The predicted molar refractivity (Wildman–Crippen MR) is 75.7 cm³/mol. The molecule has 1 aromatic carbocycles. The fraction of sp³-hybridized carbons (Fsp3) is 0.357. The Kier molecular flexibility index (Phi) is 4.45. The number of benzene rings is 1. The zero-order valence-electron chi connectivity index (χ0n) is 10.7. The topological polar surface area (TPSA) is 49.8 Å². The second kappa shape index (κ2) is 6.08. The second-order valence-electron chi connectivity index (χ2n) is 4.50. The number of carboxylic acids is 1. The van der Waals surface area contributed by atoms with Crippen molar-refractivity contribution < 1.29 is 14.6 Å². The lowest BCUT2D eigenvalue weighted by Gasteiger charge is -2.34. The molecule has 1 fully saturated rings. The zero-order chi connectivity index (χ0) is 13.8. The summed E-state index contributed by atoms with van der Waals surface area (Å²) in [5.41, 5.74) is 1.79. The quantitative estimate of drug-likeness (QED) is 0.866. The van der Waals surface area contributed by atoms with Gasteiger partial charge in [-0.15, -0.1) is 0 Å². The number of anilines is 1. The summed E-state index contributed by atoms with van der Waals surface area (Å²) in [6, 6.07) is 5.45. The maximum atomic E-state index is 10.6. The average Bonchev–Trinajstić information content (AvgIpc) is 2.37. The lowest BCUT2D eigenvalue weighted by molar-refractivity contribution is -0.131. The van der Waals surface area contributed by atoms with Crippen LogP contribution >= 0.6 is 11.6 Å². The van der Waals surface area contributed by atoms with Crippen molar-refractivity contribution in [2.75, 3.05) is 24.6 Å². The molecule has 0 radical (unpaired) electrons. The van der Waals surface area contributed by atoms with Crippen LogP contribution in [-0.4, -0.2) is 36.9 Å². The van der Waals surface area contributed by atoms with Crippen LogP contribution in [0.5, 0.6) is 0 Å². The molecule has 102 valence electrons. The van der Waals surface area contributed by atoms with E-state index in [4.69, 9.17) is 21.4 Å². The highest BCUT2D eigenvalue weighted by Gasteiger charge is 2.19. The van der Waals surface area contributed by atoms with Crippen LogP contribution in [0.2, 0.25) is 5.02 Å². The van der Waals surface area contributed by atoms with Gasteiger partial charge in [-0.3, -0.25) is 0 Å². The molecule has 0 amide bonds. The molecule has 1 aliphatic heterocycles. The van der Waals surface area contributed by atoms with Gasteiger partial charge in [0.2, 0.25) is 0 Å². The Bertz CT molecular complexity index is 501. The third-order valence-electron chi connectivity index (χ3n) is 2.98. The van der Waals surface area contributed by atoms with E-state index < -0.39 is 5.97 Å². The van der Waals surface area contributed by atoms with Crippen LogP contribution < -0.4 is 4.90 Å². The minimum absolute atomic E-state index is 0.157. The number of carbonyl (C=O) groups is 1. The molecule has 1 heterocycles. The lowest BCUT2D eigenvalue weighted by atomic mass is 10.1. The van der Waals surface area contributed by atoms with Gasteiger partial charge >= 0.3 is 5.97 Å². The maximum absolute atomic E-state index is 10.6. The average molecular weight is 282 g/mol. The van der Waals surface area contributed by atoms with Gasteiger partial charge < -0.3 is 14.7 Å². The number of hydrogen-bond donors (Lipinski definition) is 1. The fourth-order valence-electron chi connectivity index (χ4n) is 2.13. The largest absolute Gasteiger partial charge is 0.478 e. The summed E-state index contributed by atoms with van der Waals surface area (Å²) < 4.78 is 5.51. The molecule has 0 saturated carbocycles. The Morgan fingerprint density at radius 1 is 1.58 bits per heavy atom. The van der Waals surface area contributed by atoms with Gasteiger partial charge in [-0.1, -0.05) is 17.7 Å². The van der Waals surface area contributed by atoms with Crippen molar-refractivity contribution in [3.63, 3.8) is 0 Å². The smallest absolute Gasteiger partial charge is 0.328 e. The highest BCUT2D eigenvalue weighted by Crippen LogP contribution is 2.27. The van der Waals surface area contributed by atoms with E-state index in [1.807, 2.05) is 19.1 Å². The summed E-state index contributed by atoms with van der Waals surface area (Å²) in [7, 11) is 0. The van der Waals surface area contributed by atoms with Crippen molar-refractivity contribution in [2.24, 2.45) is 0 Å². The highest BCUT2D eigenvalue weighted by molar-refractivity contribution is 6.31. The van der Waals surface area contributed by atoms with Gasteiger partial charge in [0, 0.05) is 29.9 Å². The van der Waals surface area contributed by atoms with E-state index in [0.717, 1.165) is 30.4 Å². The van der Waals surface area contributed by atoms with Gasteiger partial charge in [-0.05, 0) is 30.7 Å². The van der Waals surface area contributed by atoms with E-state index in [1.54, 1.807) is 12.1 Å². The van der Waals surface area contributed by atoms with Crippen LogP contribution in [0.4, 0.5) is 5.69 Å². The molecule has 5 heteroatoms. The molecule has 19 heavy (non-hydrogen) atoms. The van der Waals surface area contributed by atoms with Gasteiger partial charge in [0.05, 0.1) is 12.7 Å². The zero-order valence-corrected chi connectivity index (χ0v) is 11.4. The highest BCUT2D eigenvalue weighted by atomic mass is 35.5. The Morgan fingerprint density at radius 2 is 2.37 bits per heavy atom. The van der Waals surface area contributed by atoms with E-state index >= 15 is 0 Å². The number of carboxylic acid groups (broad SMARTS) is 1. The van der Waals surface area contributed by atoms with Gasteiger partial charge in [-0.2, -0.15) is 0 Å². The van der Waals surface area contributed by atoms with Gasteiger partial charge in [-0.25, -0.2) is 4.79 Å². The molecular formula is C14H16ClNO3. The van der Waals surface area contributed by atoms with Crippen molar-refractivity contribution >= 4 is 29.3 Å². The van der Waals surface area contributed by atoms with Crippen molar-refractivity contribution in [3.05, 3.63) is 34.9 Å². The summed E-state index contributed by atoms with van der Waals surface area (Å²) >= 11 is 6.04. The van der Waals surface area contributed by atoms with Crippen molar-refractivity contribution in [1.29, 1.82) is 0 Å². The molecule has 0 spiro atoms. The van der Waals surface area contributed by atoms with Crippen molar-refractivity contribution in [3.8, 4) is 0 Å². The normalized spacial score (nSPS) is 19.9. The summed E-state index contributed by atoms with van der Waals surface area (Å²) in [6.07, 6.45) is 2.88. The molecule has 1 saturated heterocycles. The minimum atomic E-state index is -0.962. The molecule has 0 aliphatic carbocycles. The molecular weight excluding hydrogens is 266 g/mol. The Labute approximate surface area is 117 Å². The number of hydrogen-bond acceptors (Lipinski definition) is 3. The first-order valence-corrected chi connectivity index (χ1v) is 6.51. The standard InChI is InChI=1S/C14H16ClNO3/c1-10-9-16(6-7-19-10)13-8-12(15)4-2-11(13)3-5-14(17)18/h2-5,8,10H,6-7,9H2,1H3,(H,17,18)/b5-3+. The number of halogens is 1. The number of morpholine rings is 1. The lowest BCUT2D eigenvalue weighted by Crippen LogP contribution is -2.41. The monoisotopic (exact) mass is 281 g/mol. The van der Waals surface area contributed by atoms with E-state index in [0.29, 0.717) is 11.6 Å². The van der Waals surface area contributed by atoms with Crippen LogP contribution in [0.25, 0.3) is 6.08 Å². The first-order chi connectivity index (χ1) is 9.06. The minimum Gasteiger partial charge on any atom is -0.478 e. The maximum Gasteiger partial charge on any atom is 0.328 e. The summed E-state index contributed by atoms with van der Waals surface area (Å²) in [4.78, 5) is 12.8. The van der Waals surface area contributed by atoms with E-state index in [-0.39, 0.29) is 6.10 Å². The fourth-order valence-corrected chi connectivity index (χ4v) is 2.30. The number of nitrogens with zero attached hydrogens (tertiary/aromatic N) is 1. The SMILES string of the molecule is CC1CN(c2cc(Cl)ccc2/C=C/C(=O)O)CCO1. The molecule has 4 nitrogen and oxygen atoms in total. The van der Waals surface area contributed by atoms with Gasteiger partial charge in [0.25, 0.3) is 0 Å².